The first-order valence-corrected chi connectivity index (χ1v) is 5.94. The summed E-state index contributed by atoms with van der Waals surface area (Å²) in [4.78, 5) is 19.3. The van der Waals surface area contributed by atoms with Crippen molar-refractivity contribution in [2.24, 2.45) is 0 Å². The molecule has 7 nitrogen and oxygen atoms in total. The Hall–Kier alpha value is -2.44. The maximum Gasteiger partial charge on any atom is 0.377 e. The van der Waals surface area contributed by atoms with Crippen LogP contribution in [0, 0.1) is 0 Å². The number of pyridine rings is 1. The molecule has 1 N–H and O–H groups in total. The van der Waals surface area contributed by atoms with Gasteiger partial charge in [-0.3, -0.25) is 4.98 Å². The molecule has 100 valence electrons. The summed E-state index contributed by atoms with van der Waals surface area (Å²) in [6.07, 6.45) is 5.86. The highest BCUT2D eigenvalue weighted by Crippen LogP contribution is 2.12. The number of carbonyl (C=O) groups excluding carboxylic acids is 1. The molecule has 0 saturated carbocycles. The number of esters is 1. The lowest BCUT2D eigenvalue weighted by molar-refractivity contribution is 0.0587. The van der Waals surface area contributed by atoms with E-state index < -0.39 is 5.97 Å². The Morgan fingerprint density at radius 3 is 3.05 bits per heavy atom. The highest BCUT2D eigenvalue weighted by molar-refractivity contribution is 5.84. The van der Waals surface area contributed by atoms with Crippen molar-refractivity contribution in [3.05, 3.63) is 30.6 Å². The van der Waals surface area contributed by atoms with Gasteiger partial charge in [-0.2, -0.15) is 0 Å². The largest absolute Gasteiger partial charge is 0.463 e. The number of nitrogens with one attached hydrogen (secondary N) is 1. The summed E-state index contributed by atoms with van der Waals surface area (Å²) < 4.78 is 6.04. The summed E-state index contributed by atoms with van der Waals surface area (Å²) in [5, 5.41) is 7.27. The molecule has 2 rings (SSSR count). The van der Waals surface area contributed by atoms with Gasteiger partial charge in [0.2, 0.25) is 0 Å². The minimum Gasteiger partial charge on any atom is -0.463 e. The Morgan fingerprint density at radius 1 is 1.47 bits per heavy atom. The van der Waals surface area contributed by atoms with Crippen molar-refractivity contribution >= 4 is 11.7 Å². The standard InChI is InChI=1S/C12H15N5O2/c1-3-4-14-9-5-10(7-13-6-9)17-8-15-11(16-17)12(18)19-2/h5-8,14H,3-4H2,1-2H3. The molecule has 0 spiro atoms. The topological polar surface area (TPSA) is 81.9 Å². The second-order valence-electron chi connectivity index (χ2n) is 3.86. The number of ether oxygens (including phenoxy) is 1. The average molecular weight is 261 g/mol. The third kappa shape index (κ3) is 3.06. The molecule has 0 saturated heterocycles. The Labute approximate surface area is 110 Å². The predicted molar refractivity (Wildman–Crippen MR) is 69.3 cm³/mol. The lowest BCUT2D eigenvalue weighted by atomic mass is 10.3. The number of hydrogen-bond donors (Lipinski definition) is 1. The van der Waals surface area contributed by atoms with E-state index in [2.05, 4.69) is 32.0 Å². The Balaban J connectivity index is 2.21. The van der Waals surface area contributed by atoms with Crippen molar-refractivity contribution in [2.45, 2.75) is 13.3 Å². The van der Waals surface area contributed by atoms with Crippen molar-refractivity contribution < 1.29 is 9.53 Å². The SMILES string of the molecule is CCCNc1cncc(-n2cnc(C(=O)OC)n2)c1. The number of carbonyl (C=O) groups is 1. The van der Waals surface area contributed by atoms with Crippen LogP contribution in [-0.2, 0) is 4.74 Å². The maximum atomic E-state index is 11.3. The fraction of sp³-hybridized carbons (Fsp3) is 0.333. The molecule has 19 heavy (non-hydrogen) atoms. The van der Waals surface area contributed by atoms with Crippen LogP contribution < -0.4 is 5.32 Å². The van der Waals surface area contributed by atoms with E-state index in [-0.39, 0.29) is 5.82 Å². The molecule has 2 aromatic rings. The van der Waals surface area contributed by atoms with E-state index in [1.807, 2.05) is 6.07 Å². The van der Waals surface area contributed by atoms with Crippen LogP contribution in [0.25, 0.3) is 5.69 Å². The Kier molecular flexibility index (Phi) is 4.07. The summed E-state index contributed by atoms with van der Waals surface area (Å²) in [5.41, 5.74) is 1.62. The molecule has 0 radical (unpaired) electrons. The quantitative estimate of drug-likeness (QED) is 0.816. The van der Waals surface area contributed by atoms with Crippen LogP contribution in [0.5, 0.6) is 0 Å². The van der Waals surface area contributed by atoms with Crippen molar-refractivity contribution in [3.8, 4) is 5.69 Å². The van der Waals surface area contributed by atoms with Gasteiger partial charge in [-0.15, -0.1) is 5.10 Å². The summed E-state index contributed by atoms with van der Waals surface area (Å²) in [5.74, 6) is -0.540. The van der Waals surface area contributed by atoms with Crippen molar-refractivity contribution in [1.82, 2.24) is 19.7 Å². The Bertz CT molecular complexity index is 567. The second kappa shape index (κ2) is 5.94. The van der Waals surface area contributed by atoms with E-state index in [1.165, 1.54) is 18.1 Å². The van der Waals surface area contributed by atoms with E-state index in [4.69, 9.17) is 0 Å². The van der Waals surface area contributed by atoms with E-state index in [9.17, 15) is 4.79 Å². The molecule has 0 amide bonds. The van der Waals surface area contributed by atoms with Gasteiger partial charge in [0.05, 0.1) is 30.9 Å². The van der Waals surface area contributed by atoms with Gasteiger partial charge in [0.15, 0.2) is 0 Å². The zero-order valence-corrected chi connectivity index (χ0v) is 10.8. The molecular formula is C12H15N5O2. The van der Waals surface area contributed by atoms with Crippen molar-refractivity contribution in [2.75, 3.05) is 19.0 Å². The molecule has 0 aliphatic heterocycles. The van der Waals surface area contributed by atoms with E-state index in [1.54, 1.807) is 12.4 Å². The van der Waals surface area contributed by atoms with Gasteiger partial charge in [-0.05, 0) is 12.5 Å². The molecule has 0 aliphatic carbocycles. The lowest BCUT2D eigenvalue weighted by Crippen LogP contribution is -2.06. The summed E-state index contributed by atoms with van der Waals surface area (Å²) in [7, 11) is 1.29. The van der Waals surface area contributed by atoms with Crippen LogP contribution in [0.15, 0.2) is 24.8 Å². The van der Waals surface area contributed by atoms with Crippen LogP contribution in [0.3, 0.4) is 0 Å². The maximum absolute atomic E-state index is 11.3. The van der Waals surface area contributed by atoms with Gasteiger partial charge in [0.25, 0.3) is 5.82 Å². The average Bonchev–Trinajstić information content (AvgIpc) is 2.94. The second-order valence-corrected chi connectivity index (χ2v) is 3.86. The number of methoxy groups -OCH3 is 1. The van der Waals surface area contributed by atoms with Crippen LogP contribution >= 0.6 is 0 Å². The third-order valence-electron chi connectivity index (χ3n) is 2.43. The summed E-state index contributed by atoms with van der Waals surface area (Å²) in [6, 6.07) is 1.89. The monoisotopic (exact) mass is 261 g/mol. The van der Waals surface area contributed by atoms with Gasteiger partial charge < -0.3 is 10.1 Å². The van der Waals surface area contributed by atoms with Crippen LogP contribution in [-0.4, -0.2) is 39.4 Å². The normalized spacial score (nSPS) is 10.2. The van der Waals surface area contributed by atoms with Gasteiger partial charge >= 0.3 is 5.97 Å². The molecule has 0 unspecified atom stereocenters. The van der Waals surface area contributed by atoms with Gasteiger partial charge in [0.1, 0.15) is 6.33 Å². The fourth-order valence-corrected chi connectivity index (χ4v) is 1.49. The van der Waals surface area contributed by atoms with Gasteiger partial charge in [-0.1, -0.05) is 6.92 Å². The predicted octanol–water partition coefficient (Wildman–Crippen LogP) is 1.27. The minimum absolute atomic E-state index is 0.0226. The fourth-order valence-electron chi connectivity index (χ4n) is 1.49. The lowest BCUT2D eigenvalue weighted by Gasteiger charge is -2.06. The third-order valence-corrected chi connectivity index (χ3v) is 2.43. The molecule has 2 aromatic heterocycles. The van der Waals surface area contributed by atoms with Crippen molar-refractivity contribution in [1.29, 1.82) is 0 Å². The molecular weight excluding hydrogens is 246 g/mol. The first-order valence-electron chi connectivity index (χ1n) is 5.94. The molecule has 0 aliphatic rings. The number of hydrogen-bond acceptors (Lipinski definition) is 6. The van der Waals surface area contributed by atoms with Crippen LogP contribution in [0.2, 0.25) is 0 Å². The summed E-state index contributed by atoms with van der Waals surface area (Å²) >= 11 is 0. The first-order chi connectivity index (χ1) is 9.24. The van der Waals surface area contributed by atoms with E-state index >= 15 is 0 Å². The van der Waals surface area contributed by atoms with E-state index in [0.717, 1.165) is 24.3 Å². The Morgan fingerprint density at radius 2 is 2.32 bits per heavy atom. The molecule has 7 heteroatoms. The highest BCUT2D eigenvalue weighted by atomic mass is 16.5. The minimum atomic E-state index is -0.563. The highest BCUT2D eigenvalue weighted by Gasteiger charge is 2.12. The van der Waals surface area contributed by atoms with Crippen LogP contribution in [0.4, 0.5) is 5.69 Å². The molecule has 0 bridgehead atoms. The zero-order chi connectivity index (χ0) is 13.7. The molecule has 2 heterocycles. The number of rotatable bonds is 5. The smallest absolute Gasteiger partial charge is 0.377 e. The summed E-state index contributed by atoms with van der Waals surface area (Å²) in [6.45, 7) is 2.96. The van der Waals surface area contributed by atoms with Gasteiger partial charge in [0, 0.05) is 6.54 Å². The molecule has 0 fully saturated rings. The number of anilines is 1. The molecule has 0 atom stereocenters. The van der Waals surface area contributed by atoms with Crippen molar-refractivity contribution in [3.63, 3.8) is 0 Å². The zero-order valence-electron chi connectivity index (χ0n) is 10.8. The molecule has 0 aromatic carbocycles. The number of nitrogens with zero attached hydrogens (tertiary/aromatic N) is 4. The van der Waals surface area contributed by atoms with Gasteiger partial charge in [-0.25, -0.2) is 14.5 Å². The van der Waals surface area contributed by atoms with Crippen LogP contribution in [0.1, 0.15) is 24.0 Å². The van der Waals surface area contributed by atoms with E-state index in [0.29, 0.717) is 0 Å². The number of aromatic nitrogens is 4. The first kappa shape index (κ1) is 13.0.